The van der Waals surface area contributed by atoms with Crippen LogP contribution in [0.1, 0.15) is 31.9 Å². The Kier molecular flexibility index (Phi) is 5.76. The van der Waals surface area contributed by atoms with Crippen LogP contribution in [0.3, 0.4) is 0 Å². The average molecular weight is 292 g/mol. The third kappa shape index (κ3) is 6.29. The molecule has 5 heteroatoms. The number of nitrogens with one attached hydrogen (secondary N) is 1. The van der Waals surface area contributed by atoms with Gasteiger partial charge in [0.15, 0.2) is 0 Å². The molecule has 0 aliphatic rings. The molecule has 0 fully saturated rings. The minimum atomic E-state index is -0.876. The molecular formula is C16H24N2O3. The summed E-state index contributed by atoms with van der Waals surface area (Å²) in [6, 6.07) is 7.09. The van der Waals surface area contributed by atoms with E-state index in [4.69, 9.17) is 5.11 Å². The Morgan fingerprint density at radius 3 is 2.29 bits per heavy atom. The predicted octanol–water partition coefficient (Wildman–Crippen LogP) is 2.50. The van der Waals surface area contributed by atoms with Crippen molar-refractivity contribution in [1.82, 2.24) is 10.2 Å². The summed E-state index contributed by atoms with van der Waals surface area (Å²) in [6.07, 6.45) is -0.0378. The van der Waals surface area contributed by atoms with Gasteiger partial charge in [0, 0.05) is 20.1 Å². The highest BCUT2D eigenvalue weighted by atomic mass is 16.4. The van der Waals surface area contributed by atoms with Crippen molar-refractivity contribution in [2.24, 2.45) is 5.41 Å². The lowest BCUT2D eigenvalue weighted by molar-refractivity contribution is -0.136. The molecule has 5 nitrogen and oxygen atoms in total. The van der Waals surface area contributed by atoms with Crippen LogP contribution in [-0.2, 0) is 17.8 Å². The molecule has 0 atom stereocenters. The van der Waals surface area contributed by atoms with E-state index in [9.17, 15) is 9.59 Å². The van der Waals surface area contributed by atoms with Crippen molar-refractivity contribution in [3.8, 4) is 0 Å². The topological polar surface area (TPSA) is 69.6 Å². The van der Waals surface area contributed by atoms with Gasteiger partial charge in [-0.05, 0) is 16.5 Å². The summed E-state index contributed by atoms with van der Waals surface area (Å²) in [7, 11) is 1.75. The van der Waals surface area contributed by atoms with Crippen LogP contribution in [0.25, 0.3) is 0 Å². The minimum absolute atomic E-state index is 0.0350. The second-order valence-electron chi connectivity index (χ2n) is 6.41. The lowest BCUT2D eigenvalue weighted by Gasteiger charge is -2.26. The molecule has 2 N–H and O–H groups in total. The normalized spacial score (nSPS) is 11.0. The SMILES string of the molecule is CN(CC(C)(C)C)C(=O)NCc1ccccc1CC(=O)O. The molecule has 116 valence electrons. The zero-order valence-electron chi connectivity index (χ0n) is 13.1. The van der Waals surface area contributed by atoms with Crippen molar-refractivity contribution in [3.05, 3.63) is 35.4 Å². The number of carboxylic acid groups (broad SMARTS) is 1. The molecule has 0 aliphatic heterocycles. The average Bonchev–Trinajstić information content (AvgIpc) is 2.34. The van der Waals surface area contributed by atoms with Crippen molar-refractivity contribution >= 4 is 12.0 Å². The van der Waals surface area contributed by atoms with E-state index in [-0.39, 0.29) is 17.9 Å². The second kappa shape index (κ2) is 7.11. The third-order valence-corrected chi connectivity index (χ3v) is 2.95. The van der Waals surface area contributed by atoms with Crippen molar-refractivity contribution in [3.63, 3.8) is 0 Å². The number of amides is 2. The van der Waals surface area contributed by atoms with Gasteiger partial charge in [-0.25, -0.2) is 4.79 Å². The third-order valence-electron chi connectivity index (χ3n) is 2.95. The zero-order valence-corrected chi connectivity index (χ0v) is 13.1. The van der Waals surface area contributed by atoms with Crippen LogP contribution >= 0.6 is 0 Å². The molecular weight excluding hydrogens is 268 g/mol. The van der Waals surface area contributed by atoms with Crippen LogP contribution in [0.15, 0.2) is 24.3 Å². The number of hydrogen-bond acceptors (Lipinski definition) is 2. The van der Waals surface area contributed by atoms with Gasteiger partial charge < -0.3 is 15.3 Å². The number of benzene rings is 1. The van der Waals surface area contributed by atoms with E-state index >= 15 is 0 Å². The highest BCUT2D eigenvalue weighted by molar-refractivity contribution is 5.74. The van der Waals surface area contributed by atoms with Gasteiger partial charge >= 0.3 is 12.0 Å². The molecule has 0 spiro atoms. The fraction of sp³-hybridized carbons (Fsp3) is 0.500. The van der Waals surface area contributed by atoms with Gasteiger partial charge in [-0.2, -0.15) is 0 Å². The first kappa shape index (κ1) is 17.0. The quantitative estimate of drug-likeness (QED) is 0.876. The summed E-state index contributed by atoms with van der Waals surface area (Å²) in [5, 5.41) is 11.7. The molecule has 0 radical (unpaired) electrons. The first-order valence-electron chi connectivity index (χ1n) is 6.96. The van der Waals surface area contributed by atoms with E-state index in [2.05, 4.69) is 26.1 Å². The molecule has 0 heterocycles. The summed E-state index contributed by atoms with van der Waals surface area (Å²) < 4.78 is 0. The van der Waals surface area contributed by atoms with Gasteiger partial charge in [0.1, 0.15) is 0 Å². The highest BCUT2D eigenvalue weighted by Crippen LogP contribution is 2.14. The number of carbonyl (C=O) groups is 2. The Balaban J connectivity index is 2.63. The van der Waals surface area contributed by atoms with E-state index in [1.54, 1.807) is 24.1 Å². The maximum Gasteiger partial charge on any atom is 0.317 e. The van der Waals surface area contributed by atoms with Gasteiger partial charge in [0.25, 0.3) is 0 Å². The lowest BCUT2D eigenvalue weighted by Crippen LogP contribution is -2.41. The highest BCUT2D eigenvalue weighted by Gasteiger charge is 2.17. The summed E-state index contributed by atoms with van der Waals surface area (Å²) >= 11 is 0. The molecule has 1 aromatic carbocycles. The number of nitrogens with zero attached hydrogens (tertiary/aromatic N) is 1. The van der Waals surface area contributed by atoms with E-state index < -0.39 is 5.97 Å². The smallest absolute Gasteiger partial charge is 0.317 e. The molecule has 0 saturated carbocycles. The summed E-state index contributed by atoms with van der Waals surface area (Å²) in [6.45, 7) is 7.18. The monoisotopic (exact) mass is 292 g/mol. The maximum absolute atomic E-state index is 12.0. The Hall–Kier alpha value is -2.04. The lowest BCUT2D eigenvalue weighted by atomic mass is 9.96. The van der Waals surface area contributed by atoms with Gasteiger partial charge in [-0.3, -0.25) is 4.79 Å². The van der Waals surface area contributed by atoms with E-state index in [0.717, 1.165) is 11.1 Å². The minimum Gasteiger partial charge on any atom is -0.481 e. The van der Waals surface area contributed by atoms with Crippen molar-refractivity contribution in [2.45, 2.75) is 33.7 Å². The van der Waals surface area contributed by atoms with Gasteiger partial charge in [0.2, 0.25) is 0 Å². The Bertz CT molecular complexity index is 506. The first-order chi connectivity index (χ1) is 9.69. The summed E-state index contributed by atoms with van der Waals surface area (Å²) in [5.41, 5.74) is 1.59. The van der Waals surface area contributed by atoms with Crippen molar-refractivity contribution in [1.29, 1.82) is 0 Å². The number of hydrogen-bond donors (Lipinski definition) is 2. The Labute approximate surface area is 126 Å². The Morgan fingerprint density at radius 2 is 1.76 bits per heavy atom. The standard InChI is InChI=1S/C16H24N2O3/c1-16(2,3)11-18(4)15(21)17-10-13-8-6-5-7-12(13)9-14(19)20/h5-8H,9-11H2,1-4H3,(H,17,21)(H,19,20). The van der Waals surface area contributed by atoms with Crippen LogP contribution in [-0.4, -0.2) is 35.6 Å². The fourth-order valence-corrected chi connectivity index (χ4v) is 2.15. The van der Waals surface area contributed by atoms with Gasteiger partial charge in [-0.15, -0.1) is 0 Å². The van der Waals surface area contributed by atoms with Crippen LogP contribution in [0.4, 0.5) is 4.79 Å². The first-order valence-corrected chi connectivity index (χ1v) is 6.96. The molecule has 1 rings (SSSR count). The molecule has 0 saturated heterocycles. The van der Waals surface area contributed by atoms with Crippen LogP contribution in [0, 0.1) is 5.41 Å². The number of carboxylic acids is 1. The van der Waals surface area contributed by atoms with Crippen molar-refractivity contribution in [2.75, 3.05) is 13.6 Å². The van der Waals surface area contributed by atoms with E-state index in [1.807, 2.05) is 12.1 Å². The number of urea groups is 1. The molecule has 0 bridgehead atoms. The van der Waals surface area contributed by atoms with E-state index in [0.29, 0.717) is 13.1 Å². The number of aliphatic carboxylic acids is 1. The maximum atomic E-state index is 12.0. The summed E-state index contributed by atoms with van der Waals surface area (Å²) in [5.74, 6) is -0.876. The zero-order chi connectivity index (χ0) is 16.0. The molecule has 21 heavy (non-hydrogen) atoms. The van der Waals surface area contributed by atoms with Gasteiger partial charge in [0.05, 0.1) is 6.42 Å². The van der Waals surface area contributed by atoms with Crippen LogP contribution in [0.5, 0.6) is 0 Å². The molecule has 2 amide bonds. The Morgan fingerprint density at radius 1 is 1.19 bits per heavy atom. The molecule has 1 aromatic rings. The van der Waals surface area contributed by atoms with Crippen LogP contribution in [0.2, 0.25) is 0 Å². The number of carbonyl (C=O) groups excluding carboxylic acids is 1. The summed E-state index contributed by atoms with van der Waals surface area (Å²) in [4.78, 5) is 24.5. The van der Waals surface area contributed by atoms with Crippen molar-refractivity contribution < 1.29 is 14.7 Å². The molecule has 0 unspecified atom stereocenters. The largest absolute Gasteiger partial charge is 0.481 e. The van der Waals surface area contributed by atoms with E-state index in [1.165, 1.54) is 0 Å². The fourth-order valence-electron chi connectivity index (χ4n) is 2.15. The molecule has 0 aromatic heterocycles. The predicted molar refractivity (Wildman–Crippen MR) is 82.1 cm³/mol. The van der Waals surface area contributed by atoms with Gasteiger partial charge in [-0.1, -0.05) is 45.0 Å². The number of rotatable bonds is 5. The molecule has 0 aliphatic carbocycles. The van der Waals surface area contributed by atoms with Crippen LogP contribution < -0.4 is 5.32 Å². The second-order valence-corrected chi connectivity index (χ2v) is 6.41.